The van der Waals surface area contributed by atoms with Crippen molar-refractivity contribution in [1.82, 2.24) is 5.32 Å². The van der Waals surface area contributed by atoms with Gasteiger partial charge in [0.05, 0.1) is 6.04 Å². The SMILES string of the molecule is CCC[C@@H](N)C(=O)NC(C(=O)O)C(C)CC. The maximum atomic E-state index is 11.6. The third-order valence-electron chi connectivity index (χ3n) is 2.71. The molecule has 0 radical (unpaired) electrons. The molecule has 0 saturated carbocycles. The van der Waals surface area contributed by atoms with Crippen LogP contribution in [0.1, 0.15) is 40.0 Å². The standard InChI is InChI=1S/C11H22N2O3/c1-4-6-8(12)10(14)13-9(11(15)16)7(3)5-2/h7-9H,4-6,12H2,1-3H3,(H,13,14)(H,15,16)/t7?,8-,9?/m1/s1. The van der Waals surface area contributed by atoms with Gasteiger partial charge in [-0.2, -0.15) is 0 Å². The molecular weight excluding hydrogens is 208 g/mol. The fourth-order valence-corrected chi connectivity index (χ4v) is 1.39. The molecule has 5 heteroatoms. The molecule has 0 spiro atoms. The highest BCUT2D eigenvalue weighted by Gasteiger charge is 2.26. The first-order chi connectivity index (χ1) is 7.43. The Morgan fingerprint density at radius 2 is 1.94 bits per heavy atom. The number of carbonyl (C=O) groups excluding carboxylic acids is 1. The van der Waals surface area contributed by atoms with Gasteiger partial charge in [0.15, 0.2) is 0 Å². The number of hydrogen-bond acceptors (Lipinski definition) is 3. The van der Waals surface area contributed by atoms with Gasteiger partial charge >= 0.3 is 5.97 Å². The molecule has 0 saturated heterocycles. The number of hydrogen-bond donors (Lipinski definition) is 3. The first-order valence-corrected chi connectivity index (χ1v) is 5.72. The lowest BCUT2D eigenvalue weighted by atomic mass is 9.98. The van der Waals surface area contributed by atoms with Gasteiger partial charge in [0.2, 0.25) is 5.91 Å². The van der Waals surface area contributed by atoms with Crippen LogP contribution in [0.15, 0.2) is 0 Å². The quantitative estimate of drug-likeness (QED) is 0.601. The summed E-state index contributed by atoms with van der Waals surface area (Å²) in [7, 11) is 0. The number of carboxylic acids is 1. The summed E-state index contributed by atoms with van der Waals surface area (Å²) < 4.78 is 0. The summed E-state index contributed by atoms with van der Waals surface area (Å²) in [6.07, 6.45) is 2.06. The maximum absolute atomic E-state index is 11.6. The molecule has 0 fully saturated rings. The Kier molecular flexibility index (Phi) is 6.72. The lowest BCUT2D eigenvalue weighted by Crippen LogP contribution is -2.50. The Balaban J connectivity index is 4.40. The molecule has 0 aromatic heterocycles. The molecule has 3 atom stereocenters. The monoisotopic (exact) mass is 230 g/mol. The lowest BCUT2D eigenvalue weighted by Gasteiger charge is -2.22. The average Bonchev–Trinajstić information content (AvgIpc) is 2.24. The maximum Gasteiger partial charge on any atom is 0.326 e. The fraction of sp³-hybridized carbons (Fsp3) is 0.818. The predicted molar refractivity (Wildman–Crippen MR) is 61.9 cm³/mol. The molecule has 2 unspecified atom stereocenters. The summed E-state index contributed by atoms with van der Waals surface area (Å²) in [5.74, 6) is -1.49. The second kappa shape index (κ2) is 7.22. The van der Waals surface area contributed by atoms with Crippen LogP contribution in [0.5, 0.6) is 0 Å². The predicted octanol–water partition coefficient (Wildman–Crippen LogP) is 0.729. The van der Waals surface area contributed by atoms with Gasteiger partial charge in [-0.3, -0.25) is 4.79 Å². The molecule has 0 aliphatic rings. The largest absolute Gasteiger partial charge is 0.480 e. The van der Waals surface area contributed by atoms with E-state index in [0.29, 0.717) is 12.8 Å². The summed E-state index contributed by atoms with van der Waals surface area (Å²) in [6.45, 7) is 5.61. The van der Waals surface area contributed by atoms with Gasteiger partial charge in [-0.25, -0.2) is 4.79 Å². The molecule has 0 aromatic rings. The first kappa shape index (κ1) is 14.9. The van der Waals surface area contributed by atoms with Gasteiger partial charge in [-0.1, -0.05) is 33.6 Å². The Hall–Kier alpha value is -1.10. The Morgan fingerprint density at radius 3 is 2.31 bits per heavy atom. The molecule has 1 amide bonds. The molecule has 0 aliphatic heterocycles. The van der Waals surface area contributed by atoms with Crippen LogP contribution < -0.4 is 11.1 Å². The van der Waals surface area contributed by atoms with Crippen molar-refractivity contribution in [2.45, 2.75) is 52.1 Å². The third kappa shape index (κ3) is 4.61. The number of aliphatic carboxylic acids is 1. The van der Waals surface area contributed by atoms with Crippen LogP contribution in [0.3, 0.4) is 0 Å². The second-order valence-corrected chi connectivity index (χ2v) is 4.11. The molecule has 0 rings (SSSR count). The van der Waals surface area contributed by atoms with Crippen molar-refractivity contribution in [2.75, 3.05) is 0 Å². The minimum atomic E-state index is -1.01. The van der Waals surface area contributed by atoms with E-state index in [9.17, 15) is 9.59 Å². The molecule has 0 aromatic carbocycles. The van der Waals surface area contributed by atoms with Gasteiger partial charge in [0, 0.05) is 0 Å². The zero-order valence-electron chi connectivity index (χ0n) is 10.2. The van der Waals surface area contributed by atoms with E-state index in [1.807, 2.05) is 13.8 Å². The topological polar surface area (TPSA) is 92.4 Å². The van der Waals surface area contributed by atoms with Crippen LogP contribution in [0, 0.1) is 5.92 Å². The van der Waals surface area contributed by atoms with E-state index in [-0.39, 0.29) is 11.8 Å². The summed E-state index contributed by atoms with van der Waals surface area (Å²) in [5.41, 5.74) is 5.61. The van der Waals surface area contributed by atoms with Crippen molar-refractivity contribution in [3.8, 4) is 0 Å². The van der Waals surface area contributed by atoms with Gasteiger partial charge in [0.1, 0.15) is 6.04 Å². The van der Waals surface area contributed by atoms with Crippen molar-refractivity contribution in [2.24, 2.45) is 11.7 Å². The van der Waals surface area contributed by atoms with E-state index in [0.717, 1.165) is 6.42 Å². The smallest absolute Gasteiger partial charge is 0.326 e. The lowest BCUT2D eigenvalue weighted by molar-refractivity contribution is -0.143. The molecule has 94 valence electrons. The van der Waals surface area contributed by atoms with Crippen molar-refractivity contribution in [3.05, 3.63) is 0 Å². The summed E-state index contributed by atoms with van der Waals surface area (Å²) in [4.78, 5) is 22.5. The van der Waals surface area contributed by atoms with E-state index < -0.39 is 18.1 Å². The van der Waals surface area contributed by atoms with Crippen LogP contribution in [0.4, 0.5) is 0 Å². The third-order valence-corrected chi connectivity index (χ3v) is 2.71. The van der Waals surface area contributed by atoms with Gasteiger partial charge in [-0.15, -0.1) is 0 Å². The summed E-state index contributed by atoms with van der Waals surface area (Å²) in [6, 6.07) is -1.46. The van der Waals surface area contributed by atoms with Crippen molar-refractivity contribution < 1.29 is 14.7 Å². The summed E-state index contributed by atoms with van der Waals surface area (Å²) in [5, 5.41) is 11.5. The first-order valence-electron chi connectivity index (χ1n) is 5.72. The highest BCUT2D eigenvalue weighted by atomic mass is 16.4. The molecule has 5 nitrogen and oxygen atoms in total. The van der Waals surface area contributed by atoms with Crippen molar-refractivity contribution in [1.29, 1.82) is 0 Å². The molecule has 0 heterocycles. The minimum absolute atomic E-state index is 0.102. The van der Waals surface area contributed by atoms with Gasteiger partial charge in [0.25, 0.3) is 0 Å². The van der Waals surface area contributed by atoms with Gasteiger partial charge in [-0.05, 0) is 12.3 Å². The Bertz CT molecular complexity index is 243. The van der Waals surface area contributed by atoms with Crippen molar-refractivity contribution in [3.63, 3.8) is 0 Å². The van der Waals surface area contributed by atoms with Crippen LogP contribution in [0.25, 0.3) is 0 Å². The molecule has 0 aliphatic carbocycles. The number of nitrogens with two attached hydrogens (primary N) is 1. The van der Waals surface area contributed by atoms with Crippen LogP contribution in [0.2, 0.25) is 0 Å². The van der Waals surface area contributed by atoms with Gasteiger partial charge < -0.3 is 16.2 Å². The molecule has 0 bridgehead atoms. The Labute approximate surface area is 96.4 Å². The average molecular weight is 230 g/mol. The van der Waals surface area contributed by atoms with E-state index in [2.05, 4.69) is 5.32 Å². The van der Waals surface area contributed by atoms with Crippen LogP contribution in [-0.2, 0) is 9.59 Å². The molecule has 4 N–H and O–H groups in total. The number of amides is 1. The molecule has 16 heavy (non-hydrogen) atoms. The van der Waals surface area contributed by atoms with E-state index in [1.165, 1.54) is 0 Å². The fourth-order valence-electron chi connectivity index (χ4n) is 1.39. The molecular formula is C11H22N2O3. The Morgan fingerprint density at radius 1 is 1.38 bits per heavy atom. The van der Waals surface area contributed by atoms with Crippen LogP contribution >= 0.6 is 0 Å². The van der Waals surface area contributed by atoms with E-state index >= 15 is 0 Å². The highest BCUT2D eigenvalue weighted by Crippen LogP contribution is 2.08. The number of carboxylic acid groups (broad SMARTS) is 1. The number of nitrogens with one attached hydrogen (secondary N) is 1. The van der Waals surface area contributed by atoms with E-state index in [1.54, 1.807) is 6.92 Å². The zero-order valence-corrected chi connectivity index (χ0v) is 10.2. The highest BCUT2D eigenvalue weighted by molar-refractivity contribution is 5.86. The van der Waals surface area contributed by atoms with Crippen molar-refractivity contribution >= 4 is 11.9 Å². The summed E-state index contributed by atoms with van der Waals surface area (Å²) >= 11 is 0. The normalized spacial score (nSPS) is 16.2. The second-order valence-electron chi connectivity index (χ2n) is 4.11. The minimum Gasteiger partial charge on any atom is -0.480 e. The number of carbonyl (C=O) groups is 2. The van der Waals surface area contributed by atoms with Crippen LogP contribution in [-0.4, -0.2) is 29.1 Å². The zero-order chi connectivity index (χ0) is 12.7. The number of rotatable bonds is 7. The van der Waals surface area contributed by atoms with E-state index in [4.69, 9.17) is 10.8 Å².